The fraction of sp³-hybridized carbons (Fsp3) is 0.679. The smallest absolute Gasteiger partial charge is 0.213 e. The number of hydrogen-bond acceptors (Lipinski definition) is 16. The van der Waals surface area contributed by atoms with E-state index in [1.165, 1.54) is 31.6 Å². The number of rotatable bonds is 0. The van der Waals surface area contributed by atoms with Crippen LogP contribution in [0.2, 0.25) is 0 Å². The van der Waals surface area contributed by atoms with Crippen LogP contribution in [-0.2, 0) is 22.2 Å². The molecule has 0 saturated heterocycles. The average molecular weight is 1870 g/mol. The molecule has 132 heavy (non-hydrogen) atoms. The van der Waals surface area contributed by atoms with E-state index < -0.39 is 0 Å². The van der Waals surface area contributed by atoms with Crippen LogP contribution in [0.25, 0.3) is 0 Å². The highest BCUT2D eigenvalue weighted by molar-refractivity contribution is 5.79. The maximum atomic E-state index is 4.58. The van der Waals surface area contributed by atoms with Crippen LogP contribution in [0, 0.1) is 47.3 Å². The average Bonchev–Trinajstić information content (AvgIpc) is 1.77. The number of oxazole rings is 1. The molecule has 11 heterocycles. The van der Waals surface area contributed by atoms with Crippen molar-refractivity contribution in [2.24, 2.45) is 67.3 Å². The maximum absolute atomic E-state index is 4.58. The van der Waals surface area contributed by atoms with Gasteiger partial charge >= 0.3 is 0 Å². The minimum atomic E-state index is 0.0660. The zero-order valence-electron chi connectivity index (χ0n) is 99.0. The van der Waals surface area contributed by atoms with E-state index in [0.29, 0.717) is 0 Å². The number of aliphatic imine (C=N–C) groups is 4. The lowest BCUT2D eigenvalue weighted by molar-refractivity contribution is 0.354. The molecule has 0 fully saturated rings. The van der Waals surface area contributed by atoms with Crippen LogP contribution in [0.3, 0.4) is 0 Å². The third kappa shape index (κ3) is 253. The Morgan fingerprint density at radius 1 is 0.280 bits per heavy atom. The minimum absolute atomic E-state index is 0.0660. The summed E-state index contributed by atoms with van der Waals surface area (Å²) in [4.78, 5) is 29.8. The molecule has 0 radical (unpaired) electrons. The van der Waals surface area contributed by atoms with Crippen molar-refractivity contribution in [3.63, 3.8) is 0 Å². The van der Waals surface area contributed by atoms with Gasteiger partial charge in [0, 0.05) is 79.5 Å². The summed E-state index contributed by atoms with van der Waals surface area (Å²) in [6.45, 7) is 127. The normalized spacial score (nSPS) is 9.85. The van der Waals surface area contributed by atoms with Crippen molar-refractivity contribution in [2.75, 3.05) is 13.1 Å². The first-order chi connectivity index (χ1) is 62.3. The molecule has 0 saturated carbocycles. The summed E-state index contributed by atoms with van der Waals surface area (Å²) in [5.41, 5.74) is 0.611. The fourth-order valence-electron chi connectivity index (χ4n) is 4.61. The molecule has 3 aliphatic heterocycles. The molecule has 0 spiro atoms. The van der Waals surface area contributed by atoms with Gasteiger partial charge in [-0.05, 0) is 179 Å². The van der Waals surface area contributed by atoms with Gasteiger partial charge in [0.15, 0.2) is 12.7 Å². The van der Waals surface area contributed by atoms with Gasteiger partial charge in [-0.3, -0.25) is 19.7 Å². The lowest BCUT2D eigenvalue weighted by atomic mass is 10.1. The predicted octanol–water partition coefficient (Wildman–Crippen LogP) is 38.1. The summed E-state index contributed by atoms with van der Waals surface area (Å²) in [5.74, 6) is 6.67. The van der Waals surface area contributed by atoms with Gasteiger partial charge in [-0.2, -0.15) is 10.2 Å². The predicted molar refractivity (Wildman–Crippen MR) is 605 cm³/mol. The zero-order valence-corrected chi connectivity index (χ0v) is 99.0. The highest BCUT2D eigenvalue weighted by Gasteiger charge is 2.13. The minimum Gasteiger partial charge on any atom is -0.473 e. The molecule has 0 amide bonds. The van der Waals surface area contributed by atoms with Gasteiger partial charge < -0.3 is 27.0 Å². The molecule has 8 aromatic heterocycles. The van der Waals surface area contributed by atoms with Gasteiger partial charge in [-0.15, -0.1) is 0 Å². The van der Waals surface area contributed by atoms with E-state index in [1.54, 1.807) is 81.0 Å². The first-order valence-corrected chi connectivity index (χ1v) is 50.2. The van der Waals surface area contributed by atoms with E-state index >= 15 is 0 Å². The molecule has 0 aromatic carbocycles. The van der Waals surface area contributed by atoms with Crippen molar-refractivity contribution in [2.45, 2.75) is 450 Å². The van der Waals surface area contributed by atoms with Crippen molar-refractivity contribution in [3.8, 4) is 0 Å². The van der Waals surface area contributed by atoms with Gasteiger partial charge in [0.05, 0.1) is 55.4 Å². The van der Waals surface area contributed by atoms with Crippen molar-refractivity contribution in [1.82, 2.24) is 58.9 Å². The lowest BCUT2D eigenvalue weighted by Crippen LogP contribution is -2.21. The Hall–Kier alpha value is -8.68. The number of allylic oxidation sites excluding steroid dienone is 6. The molecule has 20 nitrogen and oxygen atoms in total. The molecule has 8 aromatic rings. The van der Waals surface area contributed by atoms with E-state index in [-0.39, 0.29) is 22.2 Å². The second kappa shape index (κ2) is 156. The summed E-state index contributed by atoms with van der Waals surface area (Å²) in [5, 5.41) is 14.7. The Kier molecular flexibility index (Phi) is 205. The standard InChI is InChI=1S/C8H13N.2C7H12N2.C6H11N3.C5H6.2C4H5N.C4H4O.8C4H10.C3H4N2.2C3H3NO.C2H2N2O.12C2H6/c1-8(2,3)9-6-4-5-7-9;1-7(2,3)9-5-4-8-6-9;1-7(2,3)9-6-4-5-8-9;1-6(2,3)9-5-7-4-8-9;4*1-2-4-5-3-1;8*1-4(2)3;2*1-2-5-3-4-1;1-2-4-5-3-1;1-3-2-5-4-1;12*1-2/h4-7H,1-3H3;2*4-6H,1-3H3;4-5H,1-3H3;1-4H,5H2;1,3-4H,2H2;1-3H,4H2;1-4H;8*4H,1-3H3;1,3H,2H2;2*1-3H;1-2H;12*1-2H3. The monoisotopic (exact) mass is 1870 g/mol. The number of furan rings is 1. The van der Waals surface area contributed by atoms with Crippen LogP contribution in [0.5, 0.6) is 0 Å². The number of nitrogens with zero attached hydrogens (tertiary/aromatic N) is 16. The first kappa shape index (κ1) is 173. The molecular formula is C112H232N16O4. The summed E-state index contributed by atoms with van der Waals surface area (Å²) >= 11 is 0. The van der Waals surface area contributed by atoms with Crippen molar-refractivity contribution < 1.29 is 17.9 Å². The molecule has 12 rings (SSSR count). The largest absolute Gasteiger partial charge is 0.473 e. The van der Waals surface area contributed by atoms with Crippen molar-refractivity contribution in [1.29, 1.82) is 0 Å². The summed E-state index contributed by atoms with van der Waals surface area (Å²) in [7, 11) is 0. The van der Waals surface area contributed by atoms with Crippen molar-refractivity contribution in [3.05, 3.63) is 198 Å². The first-order valence-electron chi connectivity index (χ1n) is 50.2. The third-order valence-corrected chi connectivity index (χ3v) is 8.53. The number of hydrogen-bond donors (Lipinski definition) is 0. The van der Waals surface area contributed by atoms with E-state index in [4.69, 9.17) is 0 Å². The highest BCUT2D eigenvalue weighted by Crippen LogP contribution is 2.14. The van der Waals surface area contributed by atoms with E-state index in [1.807, 2.05) is 249 Å². The Labute approximate surface area is 825 Å². The lowest BCUT2D eigenvalue weighted by Gasteiger charge is -2.20. The van der Waals surface area contributed by atoms with Gasteiger partial charge in [0.1, 0.15) is 31.5 Å². The van der Waals surface area contributed by atoms with E-state index in [0.717, 1.165) is 73.3 Å². The zero-order chi connectivity index (χ0) is 109. The SMILES string of the molecule is C1=CCC=C1.C1=CCN=C1.C1=CN=CC1.C1=NC=NC1.CC.CC.CC.CC.CC.CC.CC.CC.CC.CC.CC.CC.CC(C)(C)n1cccc1.CC(C)(C)n1cccn1.CC(C)(C)n1ccnc1.CC(C)(C)n1cncn1.CC(C)C.CC(C)C.CC(C)C.CC(C)C.CC(C)C.CC(C)C.CC(C)C.CC(C)C.c1ccoc1.c1cnoc1.c1cocn1.c1ncon1. The maximum Gasteiger partial charge on any atom is 0.213 e. The number of aromatic nitrogens is 12. The second-order valence-corrected chi connectivity index (χ2v) is 32.9. The molecule has 0 bridgehead atoms. The molecule has 20 heteroatoms. The van der Waals surface area contributed by atoms with Crippen LogP contribution in [0.4, 0.5) is 0 Å². The fourth-order valence-corrected chi connectivity index (χ4v) is 4.61. The Bertz CT molecular complexity index is 2460. The number of imidazole rings is 1. The molecule has 0 atom stereocenters. The summed E-state index contributed by atoms with van der Waals surface area (Å²) in [6, 6.07) is 11.4. The van der Waals surface area contributed by atoms with Crippen LogP contribution in [0.15, 0.2) is 236 Å². The third-order valence-electron chi connectivity index (χ3n) is 8.53. The van der Waals surface area contributed by atoms with Crippen LogP contribution < -0.4 is 0 Å². The Morgan fingerprint density at radius 2 is 0.705 bits per heavy atom. The molecular weight excluding hydrogens is 1630 g/mol. The van der Waals surface area contributed by atoms with E-state index in [2.05, 4.69) is 373 Å². The molecule has 4 aliphatic rings. The van der Waals surface area contributed by atoms with Gasteiger partial charge in [-0.25, -0.2) is 29.6 Å². The van der Waals surface area contributed by atoms with Gasteiger partial charge in [0.2, 0.25) is 6.39 Å². The second-order valence-electron chi connectivity index (χ2n) is 32.9. The highest BCUT2D eigenvalue weighted by atomic mass is 16.5. The molecule has 1 aliphatic carbocycles. The van der Waals surface area contributed by atoms with E-state index in [9.17, 15) is 0 Å². The van der Waals surface area contributed by atoms with Gasteiger partial charge in [0.25, 0.3) is 0 Å². The van der Waals surface area contributed by atoms with Crippen LogP contribution >= 0.6 is 0 Å². The molecule has 0 N–H and O–H groups in total. The quantitative estimate of drug-likeness (QED) is 0.138. The Balaban J connectivity index is -0.0000000552. The van der Waals surface area contributed by atoms with Gasteiger partial charge in [-0.1, -0.05) is 379 Å². The van der Waals surface area contributed by atoms with Crippen LogP contribution in [0.1, 0.15) is 428 Å². The molecule has 0 unspecified atom stereocenters. The van der Waals surface area contributed by atoms with Crippen molar-refractivity contribution >= 4 is 25.0 Å². The summed E-state index contributed by atoms with van der Waals surface area (Å²) < 4.78 is 25.6. The summed E-state index contributed by atoms with van der Waals surface area (Å²) in [6.07, 6.45) is 55.5. The Morgan fingerprint density at radius 3 is 0.826 bits per heavy atom. The topological polar surface area (TPSA) is 225 Å². The van der Waals surface area contributed by atoms with Crippen LogP contribution in [-0.4, -0.2) is 97.0 Å². The molecule has 784 valence electrons.